The Morgan fingerprint density at radius 2 is 1.95 bits per heavy atom. The van der Waals surface area contributed by atoms with Crippen LogP contribution in [0.25, 0.3) is 22.0 Å². The van der Waals surface area contributed by atoms with Gasteiger partial charge < -0.3 is 19.7 Å². The molecule has 0 radical (unpaired) electrons. The summed E-state index contributed by atoms with van der Waals surface area (Å²) in [5, 5.41) is 19.1. The van der Waals surface area contributed by atoms with Gasteiger partial charge in [-0.25, -0.2) is 0 Å². The van der Waals surface area contributed by atoms with Crippen molar-refractivity contribution < 1.29 is 19.4 Å². The number of ether oxygens (including phenoxy) is 1. The molecule has 4 aromatic rings. The lowest BCUT2D eigenvalue weighted by Gasteiger charge is -2.45. The number of ketones is 2. The summed E-state index contributed by atoms with van der Waals surface area (Å²) in [6.07, 6.45) is 8.88. The molecule has 188 valence electrons. The monoisotopic (exact) mass is 496 g/mol. The first-order chi connectivity index (χ1) is 17.9. The SMILES string of the molecule is Cn1cc(-c2ccc3c(c2)C(=O)[C@@H](C(=O)c2cc(O)c4ccn(C5CC5)c4c2)C2(CCNCC2)O3)cn1. The first-order valence-electron chi connectivity index (χ1n) is 12.9. The van der Waals surface area contributed by atoms with E-state index in [1.54, 1.807) is 10.9 Å². The minimum Gasteiger partial charge on any atom is -0.507 e. The topological polar surface area (TPSA) is 98.4 Å². The van der Waals surface area contributed by atoms with Crippen LogP contribution >= 0.6 is 0 Å². The number of aryl methyl sites for hydroxylation is 1. The van der Waals surface area contributed by atoms with Crippen molar-refractivity contribution >= 4 is 22.5 Å². The molecule has 37 heavy (non-hydrogen) atoms. The zero-order chi connectivity index (χ0) is 25.3. The zero-order valence-corrected chi connectivity index (χ0v) is 20.6. The van der Waals surface area contributed by atoms with Crippen molar-refractivity contribution in [3.8, 4) is 22.6 Å². The van der Waals surface area contributed by atoms with Crippen LogP contribution in [0.15, 0.2) is 55.0 Å². The second kappa shape index (κ2) is 8.05. The average molecular weight is 497 g/mol. The zero-order valence-electron chi connectivity index (χ0n) is 20.6. The summed E-state index contributed by atoms with van der Waals surface area (Å²) in [6.45, 7) is 1.32. The average Bonchev–Trinajstić information content (AvgIpc) is 3.49. The fraction of sp³-hybridized carbons (Fsp3) is 0.345. The minimum atomic E-state index is -0.993. The molecule has 0 bridgehead atoms. The largest absolute Gasteiger partial charge is 0.507 e. The van der Waals surface area contributed by atoms with Gasteiger partial charge in [-0.2, -0.15) is 5.10 Å². The Kier molecular flexibility index (Phi) is 4.85. The van der Waals surface area contributed by atoms with E-state index < -0.39 is 11.5 Å². The van der Waals surface area contributed by atoms with Gasteiger partial charge in [0.25, 0.3) is 0 Å². The van der Waals surface area contributed by atoms with Crippen LogP contribution in [0.5, 0.6) is 11.5 Å². The van der Waals surface area contributed by atoms with Crippen LogP contribution in [0.2, 0.25) is 0 Å². The first kappa shape index (κ1) is 22.3. The predicted molar refractivity (Wildman–Crippen MR) is 138 cm³/mol. The molecule has 0 unspecified atom stereocenters. The van der Waals surface area contributed by atoms with Crippen LogP contribution in [0, 0.1) is 5.92 Å². The third kappa shape index (κ3) is 3.50. The lowest BCUT2D eigenvalue weighted by Crippen LogP contribution is -2.58. The number of phenols is 1. The molecule has 2 aromatic heterocycles. The standard InChI is InChI=1S/C29H28N4O4/c1-32-16-19(15-31-32)17-2-5-25-22(12-17)28(36)26(29(37-25)7-9-30-10-8-29)27(35)18-13-23-21(24(34)14-18)6-11-33(23)20-3-4-20/h2,5-6,11-16,20,26,30,34H,3-4,7-10H2,1H3/t26-/m1/s1. The third-order valence-corrected chi connectivity index (χ3v) is 8.14. The molecule has 1 saturated heterocycles. The molecule has 1 saturated carbocycles. The van der Waals surface area contributed by atoms with E-state index in [0.29, 0.717) is 48.8 Å². The summed E-state index contributed by atoms with van der Waals surface area (Å²) in [5.41, 5.74) is 2.39. The highest BCUT2D eigenvalue weighted by Gasteiger charge is 2.54. The van der Waals surface area contributed by atoms with E-state index in [9.17, 15) is 14.7 Å². The van der Waals surface area contributed by atoms with Crippen molar-refractivity contribution in [1.29, 1.82) is 0 Å². The summed E-state index contributed by atoms with van der Waals surface area (Å²) in [7, 11) is 1.84. The minimum absolute atomic E-state index is 0.0584. The molecular weight excluding hydrogens is 468 g/mol. The summed E-state index contributed by atoms with van der Waals surface area (Å²) in [5.74, 6) is -0.943. The van der Waals surface area contributed by atoms with Crippen molar-refractivity contribution in [1.82, 2.24) is 19.7 Å². The third-order valence-electron chi connectivity index (χ3n) is 8.14. The maximum Gasteiger partial charge on any atom is 0.181 e. The Bertz CT molecular complexity index is 1570. The van der Waals surface area contributed by atoms with Gasteiger partial charge in [0, 0.05) is 54.8 Å². The summed E-state index contributed by atoms with van der Waals surface area (Å²) in [6, 6.07) is 11.2. The van der Waals surface area contributed by atoms with Gasteiger partial charge in [-0.3, -0.25) is 14.3 Å². The van der Waals surface area contributed by atoms with Crippen molar-refractivity contribution in [2.45, 2.75) is 37.3 Å². The van der Waals surface area contributed by atoms with E-state index in [2.05, 4.69) is 15.0 Å². The second-order valence-electron chi connectivity index (χ2n) is 10.6. The van der Waals surface area contributed by atoms with Crippen LogP contribution in [-0.2, 0) is 7.05 Å². The Labute approximate surface area is 213 Å². The molecule has 8 nitrogen and oxygen atoms in total. The second-order valence-corrected chi connectivity index (χ2v) is 10.6. The maximum absolute atomic E-state index is 14.2. The number of nitrogens with zero attached hydrogens (tertiary/aromatic N) is 3. The molecule has 2 fully saturated rings. The van der Waals surface area contributed by atoms with Gasteiger partial charge in [0.05, 0.1) is 17.3 Å². The molecule has 1 atom stereocenters. The van der Waals surface area contributed by atoms with Gasteiger partial charge in [0.2, 0.25) is 0 Å². The van der Waals surface area contributed by atoms with E-state index in [4.69, 9.17) is 4.74 Å². The normalized spacial score (nSPS) is 20.7. The van der Waals surface area contributed by atoms with E-state index >= 15 is 0 Å². The van der Waals surface area contributed by atoms with E-state index in [-0.39, 0.29) is 17.3 Å². The van der Waals surface area contributed by atoms with Crippen molar-refractivity contribution in [2.24, 2.45) is 13.0 Å². The van der Waals surface area contributed by atoms with Crippen LogP contribution in [-0.4, -0.2) is 49.7 Å². The smallest absolute Gasteiger partial charge is 0.181 e. The Hall–Kier alpha value is -3.91. The van der Waals surface area contributed by atoms with Crippen LogP contribution in [0.1, 0.15) is 52.4 Å². The number of carbonyl (C=O) groups excluding carboxylic acids is 2. The maximum atomic E-state index is 14.2. The quantitative estimate of drug-likeness (QED) is 0.323. The number of fused-ring (bicyclic) bond motifs is 2. The van der Waals surface area contributed by atoms with Gasteiger partial charge in [0.1, 0.15) is 23.0 Å². The fourth-order valence-electron chi connectivity index (χ4n) is 6.05. The molecule has 2 N–H and O–H groups in total. The first-order valence-corrected chi connectivity index (χ1v) is 12.9. The van der Waals surface area contributed by atoms with Gasteiger partial charge in [-0.1, -0.05) is 6.07 Å². The number of nitrogens with one attached hydrogen (secondary N) is 1. The highest BCUT2D eigenvalue weighted by molar-refractivity contribution is 6.19. The Balaban J connectivity index is 1.34. The van der Waals surface area contributed by atoms with Crippen molar-refractivity contribution in [3.63, 3.8) is 0 Å². The number of Topliss-reactive ketones (excluding diaryl/α,β-unsaturated/α-hetero) is 2. The molecule has 2 aromatic carbocycles. The highest BCUT2D eigenvalue weighted by Crippen LogP contribution is 2.45. The van der Waals surface area contributed by atoms with E-state index in [0.717, 1.165) is 34.9 Å². The fourth-order valence-corrected chi connectivity index (χ4v) is 6.05. The Morgan fingerprint density at radius 1 is 1.14 bits per heavy atom. The molecule has 1 aliphatic carbocycles. The molecule has 3 aliphatic rings. The van der Waals surface area contributed by atoms with Crippen molar-refractivity contribution in [2.75, 3.05) is 13.1 Å². The summed E-state index contributed by atoms with van der Waals surface area (Å²) < 4.78 is 10.4. The summed E-state index contributed by atoms with van der Waals surface area (Å²) >= 11 is 0. The molecule has 0 amide bonds. The molecular formula is C29H28N4O4. The Morgan fingerprint density at radius 3 is 2.68 bits per heavy atom. The van der Waals surface area contributed by atoms with E-state index in [1.165, 1.54) is 6.07 Å². The van der Waals surface area contributed by atoms with Crippen LogP contribution in [0.4, 0.5) is 0 Å². The molecule has 2 aliphatic heterocycles. The predicted octanol–water partition coefficient (Wildman–Crippen LogP) is 4.28. The lowest BCUT2D eigenvalue weighted by atomic mass is 9.70. The molecule has 8 heteroatoms. The van der Waals surface area contributed by atoms with Gasteiger partial charge in [-0.05, 0) is 61.8 Å². The van der Waals surface area contributed by atoms with Crippen molar-refractivity contribution in [3.05, 3.63) is 66.1 Å². The van der Waals surface area contributed by atoms with Gasteiger partial charge in [-0.15, -0.1) is 0 Å². The molecule has 1 spiro atoms. The number of phenolic OH excluding ortho intramolecular Hbond substituents is 1. The number of aromatic hydroxyl groups is 1. The molecule has 7 rings (SSSR count). The number of rotatable bonds is 4. The highest BCUT2D eigenvalue weighted by atomic mass is 16.5. The summed E-state index contributed by atoms with van der Waals surface area (Å²) in [4.78, 5) is 28.4. The van der Waals surface area contributed by atoms with Crippen LogP contribution in [0.3, 0.4) is 0 Å². The number of carbonyl (C=O) groups is 2. The number of hydrogen-bond donors (Lipinski definition) is 2. The number of aromatic nitrogens is 3. The molecule has 4 heterocycles. The van der Waals surface area contributed by atoms with Crippen LogP contribution < -0.4 is 10.1 Å². The number of hydrogen-bond acceptors (Lipinski definition) is 6. The number of benzene rings is 2. The van der Waals surface area contributed by atoms with Gasteiger partial charge in [0.15, 0.2) is 11.6 Å². The lowest BCUT2D eigenvalue weighted by molar-refractivity contribution is -0.0138. The van der Waals surface area contributed by atoms with Gasteiger partial charge >= 0.3 is 0 Å². The number of piperidine rings is 1. The van der Waals surface area contributed by atoms with E-state index in [1.807, 2.05) is 49.8 Å².